The van der Waals surface area contributed by atoms with Crippen molar-refractivity contribution in [1.29, 1.82) is 0 Å². The normalized spacial score (nSPS) is 14.5. The van der Waals surface area contributed by atoms with Crippen LogP contribution in [-0.2, 0) is 0 Å². The Morgan fingerprint density at radius 2 is 1.46 bits per heavy atom. The van der Waals surface area contributed by atoms with E-state index in [0.29, 0.717) is 0 Å². The molecule has 3 aromatic carbocycles. The lowest BCUT2D eigenvalue weighted by Gasteiger charge is -2.15. The largest absolute Gasteiger partial charge is 0.508 e. The van der Waals surface area contributed by atoms with Crippen LogP contribution in [0.2, 0.25) is 0 Å². The number of aromatic nitrogens is 1. The van der Waals surface area contributed by atoms with E-state index in [1.807, 2.05) is 48.5 Å². The first-order valence-electron chi connectivity index (χ1n) is 9.03. The lowest BCUT2D eigenvalue weighted by Crippen LogP contribution is -1.99. The lowest BCUT2D eigenvalue weighted by molar-refractivity contribution is 0.225. The first-order chi connectivity index (χ1) is 13.6. The second kappa shape index (κ2) is 6.22. The summed E-state index contributed by atoms with van der Waals surface area (Å²) in [5, 5.41) is 30.6. The summed E-state index contributed by atoms with van der Waals surface area (Å²) in [6.07, 6.45) is -0.773. The van der Waals surface area contributed by atoms with Crippen LogP contribution in [0.1, 0.15) is 17.2 Å². The Hall–Kier alpha value is -3.63. The highest BCUT2D eigenvalue weighted by Crippen LogP contribution is 2.48. The van der Waals surface area contributed by atoms with Crippen LogP contribution in [0.3, 0.4) is 0 Å². The van der Waals surface area contributed by atoms with Gasteiger partial charge in [0.05, 0.1) is 11.4 Å². The van der Waals surface area contributed by atoms with Crippen molar-refractivity contribution in [3.63, 3.8) is 0 Å². The zero-order valence-corrected chi connectivity index (χ0v) is 14.9. The Kier molecular flexibility index (Phi) is 3.67. The fourth-order valence-electron chi connectivity index (χ4n) is 3.84. The number of aliphatic hydroxyl groups excluding tert-OH is 1. The van der Waals surface area contributed by atoms with Gasteiger partial charge in [-0.25, -0.2) is 4.98 Å². The third-order valence-electron chi connectivity index (χ3n) is 5.16. The van der Waals surface area contributed by atoms with E-state index in [-0.39, 0.29) is 11.5 Å². The minimum Gasteiger partial charge on any atom is -0.508 e. The number of pyridine rings is 1. The van der Waals surface area contributed by atoms with Gasteiger partial charge in [0, 0.05) is 16.7 Å². The lowest BCUT2D eigenvalue weighted by atomic mass is 9.95. The molecule has 0 amide bonds. The molecule has 0 fully saturated rings. The molecule has 136 valence electrons. The summed E-state index contributed by atoms with van der Waals surface area (Å²) in [5.41, 5.74) is 6.46. The van der Waals surface area contributed by atoms with Crippen LogP contribution in [0.4, 0.5) is 0 Å². The van der Waals surface area contributed by atoms with E-state index in [9.17, 15) is 15.3 Å². The first-order valence-corrected chi connectivity index (χ1v) is 9.03. The Bertz CT molecular complexity index is 1200. The highest BCUT2D eigenvalue weighted by Gasteiger charge is 2.31. The standard InChI is InChI=1S/C24H17NO3/c26-16-10-8-14(9-11-16)21-13-20(15-4-3-5-17(27)12-15)22-23(25-21)18-6-1-2-7-19(18)24(22)28/h1-13,24,26-28H. The monoisotopic (exact) mass is 367 g/mol. The quantitative estimate of drug-likeness (QED) is 0.472. The van der Waals surface area contributed by atoms with Crippen LogP contribution in [0.15, 0.2) is 78.9 Å². The van der Waals surface area contributed by atoms with Gasteiger partial charge in [-0.05, 0) is 59.2 Å². The van der Waals surface area contributed by atoms with Gasteiger partial charge in [0.25, 0.3) is 0 Å². The number of nitrogens with zero attached hydrogens (tertiary/aromatic N) is 1. The van der Waals surface area contributed by atoms with Gasteiger partial charge in [0.2, 0.25) is 0 Å². The average molecular weight is 367 g/mol. The number of phenolic OH excluding ortho intramolecular Hbond substituents is 2. The summed E-state index contributed by atoms with van der Waals surface area (Å²) in [5.74, 6) is 0.359. The molecule has 5 rings (SSSR count). The number of hydrogen-bond acceptors (Lipinski definition) is 4. The van der Waals surface area contributed by atoms with Gasteiger partial charge >= 0.3 is 0 Å². The molecule has 0 bridgehead atoms. The van der Waals surface area contributed by atoms with E-state index in [1.165, 1.54) is 0 Å². The summed E-state index contributed by atoms with van der Waals surface area (Å²) in [4.78, 5) is 4.85. The fourth-order valence-corrected chi connectivity index (χ4v) is 3.84. The molecule has 28 heavy (non-hydrogen) atoms. The molecule has 1 aromatic heterocycles. The molecule has 0 spiro atoms. The van der Waals surface area contributed by atoms with Crippen molar-refractivity contribution in [2.45, 2.75) is 6.10 Å². The smallest absolute Gasteiger partial charge is 0.116 e. The molecule has 1 heterocycles. The van der Waals surface area contributed by atoms with Gasteiger partial charge in [-0.15, -0.1) is 0 Å². The van der Waals surface area contributed by atoms with Gasteiger partial charge in [-0.1, -0.05) is 36.4 Å². The van der Waals surface area contributed by atoms with Gasteiger partial charge in [0.1, 0.15) is 17.6 Å². The van der Waals surface area contributed by atoms with Crippen molar-refractivity contribution in [1.82, 2.24) is 4.98 Å². The summed E-state index contributed by atoms with van der Waals surface area (Å²) < 4.78 is 0. The molecule has 0 radical (unpaired) electrons. The minimum atomic E-state index is -0.773. The molecule has 4 heteroatoms. The van der Waals surface area contributed by atoms with Crippen molar-refractivity contribution in [3.8, 4) is 45.1 Å². The van der Waals surface area contributed by atoms with Gasteiger partial charge < -0.3 is 15.3 Å². The van der Waals surface area contributed by atoms with Crippen LogP contribution in [0.5, 0.6) is 11.5 Å². The van der Waals surface area contributed by atoms with E-state index in [1.54, 1.807) is 30.3 Å². The number of aliphatic hydroxyl groups is 1. The van der Waals surface area contributed by atoms with Gasteiger partial charge in [-0.3, -0.25) is 0 Å². The predicted molar refractivity (Wildman–Crippen MR) is 108 cm³/mol. The molecule has 1 atom stereocenters. The maximum atomic E-state index is 11.0. The number of benzene rings is 3. The molecule has 1 unspecified atom stereocenters. The highest BCUT2D eigenvalue weighted by molar-refractivity contribution is 5.86. The summed E-state index contributed by atoms with van der Waals surface area (Å²) in [6.45, 7) is 0. The minimum absolute atomic E-state index is 0.166. The Morgan fingerprint density at radius 3 is 2.25 bits per heavy atom. The molecule has 3 N–H and O–H groups in total. The molecule has 0 saturated carbocycles. The van der Waals surface area contributed by atoms with Gasteiger partial charge in [0.15, 0.2) is 0 Å². The Balaban J connectivity index is 1.81. The van der Waals surface area contributed by atoms with E-state index < -0.39 is 6.10 Å². The van der Waals surface area contributed by atoms with Crippen LogP contribution in [-0.4, -0.2) is 20.3 Å². The topological polar surface area (TPSA) is 73.6 Å². The Labute approximate surface area is 162 Å². The number of hydrogen-bond donors (Lipinski definition) is 3. The summed E-state index contributed by atoms with van der Waals surface area (Å²) in [6, 6.07) is 23.5. The van der Waals surface area contributed by atoms with E-state index in [2.05, 4.69) is 0 Å². The summed E-state index contributed by atoms with van der Waals surface area (Å²) >= 11 is 0. The third-order valence-corrected chi connectivity index (χ3v) is 5.16. The summed E-state index contributed by atoms with van der Waals surface area (Å²) in [7, 11) is 0. The van der Waals surface area contributed by atoms with Crippen LogP contribution < -0.4 is 0 Å². The van der Waals surface area contributed by atoms with Crippen molar-refractivity contribution >= 4 is 0 Å². The second-order valence-corrected chi connectivity index (χ2v) is 6.90. The Morgan fingerprint density at radius 1 is 0.679 bits per heavy atom. The van der Waals surface area contributed by atoms with Crippen molar-refractivity contribution in [2.75, 3.05) is 0 Å². The van der Waals surface area contributed by atoms with Crippen molar-refractivity contribution in [3.05, 3.63) is 90.0 Å². The second-order valence-electron chi connectivity index (χ2n) is 6.90. The van der Waals surface area contributed by atoms with Crippen molar-refractivity contribution in [2.24, 2.45) is 0 Å². The maximum Gasteiger partial charge on any atom is 0.116 e. The molecule has 1 aliphatic carbocycles. The highest BCUT2D eigenvalue weighted by atomic mass is 16.3. The van der Waals surface area contributed by atoms with E-state index in [0.717, 1.165) is 44.8 Å². The molecular weight excluding hydrogens is 350 g/mol. The molecule has 0 saturated heterocycles. The number of rotatable bonds is 2. The molecular formula is C24H17NO3. The van der Waals surface area contributed by atoms with Gasteiger partial charge in [-0.2, -0.15) is 0 Å². The van der Waals surface area contributed by atoms with Crippen LogP contribution in [0, 0.1) is 0 Å². The zero-order valence-electron chi connectivity index (χ0n) is 14.9. The fraction of sp³-hybridized carbons (Fsp3) is 0.0417. The zero-order chi connectivity index (χ0) is 19.3. The maximum absolute atomic E-state index is 11.0. The third kappa shape index (κ3) is 2.54. The van der Waals surface area contributed by atoms with E-state index in [4.69, 9.17) is 4.98 Å². The molecule has 4 nitrogen and oxygen atoms in total. The average Bonchev–Trinajstić information content (AvgIpc) is 3.01. The van der Waals surface area contributed by atoms with Crippen LogP contribution in [0.25, 0.3) is 33.6 Å². The number of phenols is 2. The molecule has 1 aliphatic rings. The number of aromatic hydroxyl groups is 2. The van der Waals surface area contributed by atoms with E-state index >= 15 is 0 Å². The SMILES string of the molecule is Oc1ccc(-c2cc(-c3cccc(O)c3)c3c(n2)-c2ccccc2C3O)cc1. The molecule has 4 aromatic rings. The molecule has 0 aliphatic heterocycles. The van der Waals surface area contributed by atoms with Crippen LogP contribution >= 0.6 is 0 Å². The van der Waals surface area contributed by atoms with Crippen molar-refractivity contribution < 1.29 is 15.3 Å². The predicted octanol–water partition coefficient (Wildman–Crippen LogP) is 4.89. The number of fused-ring (bicyclic) bond motifs is 3. The first kappa shape index (κ1) is 16.5.